The van der Waals surface area contributed by atoms with Gasteiger partial charge in [-0.2, -0.15) is 13.2 Å². The molecule has 1 aromatic carbocycles. The molecule has 7 nitrogen and oxygen atoms in total. The first-order valence-corrected chi connectivity index (χ1v) is 11.9. The van der Waals surface area contributed by atoms with Crippen LogP contribution >= 0.6 is 23.1 Å². The third-order valence-electron chi connectivity index (χ3n) is 4.73. The molecule has 0 spiro atoms. The average molecular weight is 518 g/mol. The van der Waals surface area contributed by atoms with Crippen LogP contribution in [0.2, 0.25) is 0 Å². The molecule has 0 saturated carbocycles. The van der Waals surface area contributed by atoms with Crippen molar-refractivity contribution in [2.75, 3.05) is 18.2 Å². The van der Waals surface area contributed by atoms with E-state index in [9.17, 15) is 18.0 Å². The lowest BCUT2D eigenvalue weighted by molar-refractivity contribution is -0.137. The Morgan fingerprint density at radius 3 is 2.66 bits per heavy atom. The molecule has 0 aliphatic rings. The van der Waals surface area contributed by atoms with Crippen molar-refractivity contribution in [2.24, 2.45) is 0 Å². The van der Waals surface area contributed by atoms with Crippen LogP contribution in [0.15, 0.2) is 59.9 Å². The second-order valence-corrected chi connectivity index (χ2v) is 9.18. The molecule has 180 valence electrons. The molecule has 0 unspecified atom stereocenters. The van der Waals surface area contributed by atoms with Crippen molar-refractivity contribution >= 4 is 34.7 Å². The fourth-order valence-corrected chi connectivity index (χ4v) is 4.71. The summed E-state index contributed by atoms with van der Waals surface area (Å²) in [6.07, 6.45) is -1.09. The van der Waals surface area contributed by atoms with Crippen molar-refractivity contribution in [2.45, 2.75) is 18.1 Å². The summed E-state index contributed by atoms with van der Waals surface area (Å²) in [4.78, 5) is 21.9. The SMILES string of the molecule is COc1ccc(C(F)(F)F)cc1NC(=O)CSc1ccc(-c2sc(-c3cccnc3)nc2C)nn1. The van der Waals surface area contributed by atoms with Gasteiger partial charge in [-0.15, -0.1) is 21.5 Å². The molecule has 3 aromatic heterocycles. The highest BCUT2D eigenvalue weighted by Gasteiger charge is 2.31. The summed E-state index contributed by atoms with van der Waals surface area (Å²) in [5.74, 6) is -0.443. The molecule has 0 atom stereocenters. The first-order valence-electron chi connectivity index (χ1n) is 10.1. The minimum atomic E-state index is -4.53. The molecule has 1 amide bonds. The highest BCUT2D eigenvalue weighted by atomic mass is 32.2. The second-order valence-electron chi connectivity index (χ2n) is 7.18. The third kappa shape index (κ3) is 5.95. The zero-order valence-electron chi connectivity index (χ0n) is 18.5. The van der Waals surface area contributed by atoms with E-state index in [4.69, 9.17) is 4.74 Å². The number of ether oxygens (including phenoxy) is 1. The summed E-state index contributed by atoms with van der Waals surface area (Å²) in [5, 5.41) is 12.2. The molecule has 3 heterocycles. The molecule has 0 radical (unpaired) electrons. The van der Waals surface area contributed by atoms with E-state index in [-0.39, 0.29) is 17.2 Å². The Kier molecular flexibility index (Phi) is 7.31. The van der Waals surface area contributed by atoms with Crippen molar-refractivity contribution in [3.63, 3.8) is 0 Å². The van der Waals surface area contributed by atoms with Gasteiger partial charge >= 0.3 is 6.18 Å². The topological polar surface area (TPSA) is 89.9 Å². The molecule has 0 aliphatic heterocycles. The quantitative estimate of drug-likeness (QED) is 0.313. The van der Waals surface area contributed by atoms with Crippen LogP contribution in [0.3, 0.4) is 0 Å². The van der Waals surface area contributed by atoms with Gasteiger partial charge in [0.1, 0.15) is 21.5 Å². The van der Waals surface area contributed by atoms with E-state index < -0.39 is 17.6 Å². The molecule has 0 fully saturated rings. The summed E-state index contributed by atoms with van der Waals surface area (Å²) in [6.45, 7) is 1.89. The van der Waals surface area contributed by atoms with Crippen LogP contribution in [0.4, 0.5) is 18.9 Å². The predicted octanol–water partition coefficient (Wildman–Crippen LogP) is 5.73. The van der Waals surface area contributed by atoms with E-state index in [0.717, 1.165) is 51.1 Å². The van der Waals surface area contributed by atoms with Crippen LogP contribution in [-0.4, -0.2) is 38.9 Å². The predicted molar refractivity (Wildman–Crippen MR) is 128 cm³/mol. The molecule has 35 heavy (non-hydrogen) atoms. The minimum Gasteiger partial charge on any atom is -0.495 e. The zero-order chi connectivity index (χ0) is 25.0. The number of aromatic nitrogens is 4. The van der Waals surface area contributed by atoms with Crippen LogP contribution in [0.5, 0.6) is 5.75 Å². The molecule has 0 bridgehead atoms. The van der Waals surface area contributed by atoms with Crippen molar-refractivity contribution < 1.29 is 22.7 Å². The standard InChI is InChI=1S/C23H18F3N5O2S2/c1-13-21(35-22(28-13)14-4-3-9-27-11-14)16-6-8-20(31-30-16)34-12-19(32)29-17-10-15(23(24,25)26)5-7-18(17)33-2/h3-11H,12H2,1-2H3,(H,29,32). The van der Waals surface area contributed by atoms with Gasteiger partial charge in [-0.05, 0) is 49.4 Å². The summed E-state index contributed by atoms with van der Waals surface area (Å²) < 4.78 is 44.1. The van der Waals surface area contributed by atoms with E-state index in [1.165, 1.54) is 18.4 Å². The number of aryl methyl sites for hydroxylation is 1. The first kappa shape index (κ1) is 24.6. The number of carbonyl (C=O) groups excluding carboxylic acids is 1. The van der Waals surface area contributed by atoms with E-state index in [1.54, 1.807) is 24.5 Å². The number of nitrogens with zero attached hydrogens (tertiary/aromatic N) is 4. The number of methoxy groups -OCH3 is 1. The highest BCUT2D eigenvalue weighted by Crippen LogP contribution is 2.36. The molecular formula is C23H18F3N5O2S2. The lowest BCUT2D eigenvalue weighted by atomic mass is 10.2. The van der Waals surface area contributed by atoms with Crippen molar-refractivity contribution in [3.05, 3.63) is 66.1 Å². The Morgan fingerprint density at radius 1 is 1.17 bits per heavy atom. The monoisotopic (exact) mass is 517 g/mol. The molecular weight excluding hydrogens is 499 g/mol. The number of rotatable bonds is 7. The maximum absolute atomic E-state index is 13.0. The number of benzene rings is 1. The number of amides is 1. The minimum absolute atomic E-state index is 0.0561. The van der Waals surface area contributed by atoms with Gasteiger partial charge in [0.05, 0.1) is 34.7 Å². The van der Waals surface area contributed by atoms with Crippen LogP contribution in [0.1, 0.15) is 11.3 Å². The summed E-state index contributed by atoms with van der Waals surface area (Å²) in [7, 11) is 1.31. The number of thiazole rings is 1. The number of hydrogen-bond donors (Lipinski definition) is 1. The van der Waals surface area contributed by atoms with Gasteiger partial charge in [-0.25, -0.2) is 4.98 Å². The van der Waals surface area contributed by atoms with E-state index in [0.29, 0.717) is 10.7 Å². The van der Waals surface area contributed by atoms with Gasteiger partial charge in [-0.3, -0.25) is 9.78 Å². The third-order valence-corrected chi connectivity index (χ3v) is 6.88. The Labute approximate surface area is 206 Å². The first-order chi connectivity index (χ1) is 16.7. The summed E-state index contributed by atoms with van der Waals surface area (Å²) in [6, 6.07) is 10.2. The van der Waals surface area contributed by atoms with E-state index >= 15 is 0 Å². The number of anilines is 1. The maximum Gasteiger partial charge on any atom is 0.416 e. The number of hydrogen-bond acceptors (Lipinski definition) is 8. The van der Waals surface area contributed by atoms with Crippen LogP contribution in [0, 0.1) is 6.92 Å². The largest absolute Gasteiger partial charge is 0.495 e. The Balaban J connectivity index is 1.41. The number of carbonyl (C=O) groups is 1. The zero-order valence-corrected chi connectivity index (χ0v) is 20.1. The van der Waals surface area contributed by atoms with Gasteiger partial charge in [0, 0.05) is 18.0 Å². The van der Waals surface area contributed by atoms with E-state index in [1.807, 2.05) is 19.1 Å². The lowest BCUT2D eigenvalue weighted by Gasteiger charge is -2.13. The van der Waals surface area contributed by atoms with Crippen molar-refractivity contribution in [3.8, 4) is 26.9 Å². The molecule has 12 heteroatoms. The normalized spacial score (nSPS) is 11.3. The Hall–Kier alpha value is -3.51. The van der Waals surface area contributed by atoms with Gasteiger partial charge in [-0.1, -0.05) is 11.8 Å². The van der Waals surface area contributed by atoms with Gasteiger partial charge in [0.25, 0.3) is 0 Å². The van der Waals surface area contributed by atoms with E-state index in [2.05, 4.69) is 25.5 Å². The fourth-order valence-electron chi connectivity index (χ4n) is 3.07. The number of nitrogens with one attached hydrogen (secondary N) is 1. The molecule has 0 aliphatic carbocycles. The summed E-state index contributed by atoms with van der Waals surface area (Å²) in [5.41, 5.74) is 1.44. The maximum atomic E-state index is 13.0. The molecule has 4 rings (SSSR count). The van der Waals surface area contributed by atoms with Crippen LogP contribution in [-0.2, 0) is 11.0 Å². The fraction of sp³-hybridized carbons (Fsp3) is 0.174. The van der Waals surface area contributed by atoms with Gasteiger partial charge in [0.15, 0.2) is 0 Å². The van der Waals surface area contributed by atoms with Gasteiger partial charge < -0.3 is 10.1 Å². The van der Waals surface area contributed by atoms with Crippen molar-refractivity contribution in [1.29, 1.82) is 0 Å². The molecule has 4 aromatic rings. The Bertz CT molecular complexity index is 1330. The number of halogens is 3. The smallest absolute Gasteiger partial charge is 0.416 e. The molecule has 1 N–H and O–H groups in total. The highest BCUT2D eigenvalue weighted by molar-refractivity contribution is 7.99. The number of pyridine rings is 1. The molecule has 0 saturated heterocycles. The number of alkyl halides is 3. The van der Waals surface area contributed by atoms with Crippen LogP contribution < -0.4 is 10.1 Å². The Morgan fingerprint density at radius 2 is 2.00 bits per heavy atom. The summed E-state index contributed by atoms with van der Waals surface area (Å²) >= 11 is 2.59. The van der Waals surface area contributed by atoms with Crippen LogP contribution in [0.25, 0.3) is 21.1 Å². The number of thioether (sulfide) groups is 1. The lowest BCUT2D eigenvalue weighted by Crippen LogP contribution is -2.16. The van der Waals surface area contributed by atoms with Crippen molar-refractivity contribution in [1.82, 2.24) is 20.2 Å². The van der Waals surface area contributed by atoms with Gasteiger partial charge in [0.2, 0.25) is 5.91 Å². The average Bonchev–Trinajstić information content (AvgIpc) is 3.24. The second kappa shape index (κ2) is 10.4.